The lowest BCUT2D eigenvalue weighted by molar-refractivity contribution is -0.601. The van der Waals surface area contributed by atoms with Crippen molar-refractivity contribution in [3.63, 3.8) is 0 Å². The number of benzene rings is 1. The molecule has 0 saturated heterocycles. The van der Waals surface area contributed by atoms with Crippen LogP contribution in [0.4, 0.5) is 11.4 Å². The molecule has 2 aromatic rings. The molecule has 0 bridgehead atoms. The highest BCUT2D eigenvalue weighted by molar-refractivity contribution is 5.53. The van der Waals surface area contributed by atoms with E-state index in [9.17, 15) is 20.2 Å². The van der Waals surface area contributed by atoms with Crippen LogP contribution < -0.4 is 4.57 Å². The lowest BCUT2D eigenvalue weighted by Crippen LogP contribution is -2.32. The smallest absolute Gasteiger partial charge is 0.258 e. The third-order valence-electron chi connectivity index (χ3n) is 3.93. The first-order chi connectivity index (χ1) is 10.6. The minimum atomic E-state index is -0.631. The lowest BCUT2D eigenvalue weighted by atomic mass is 9.93. The van der Waals surface area contributed by atoms with Crippen molar-refractivity contribution in [1.29, 1.82) is 0 Å². The molecule has 1 aromatic carbocycles. The molecule has 22 heavy (non-hydrogen) atoms. The number of hydrogen-bond acceptors (Lipinski definition) is 4. The van der Waals surface area contributed by atoms with E-state index in [2.05, 4.69) is 0 Å². The van der Waals surface area contributed by atoms with Gasteiger partial charge in [-0.05, 0) is 31.2 Å². The summed E-state index contributed by atoms with van der Waals surface area (Å²) < 4.78 is 1.67. The highest BCUT2D eigenvalue weighted by Gasteiger charge is 2.27. The standard InChI is InChI=1S/C15H14N3O4/c19-17(20)13-5-6-14(15(9-13)18(21)22)16-8-7-11-3-1-2-4-12(11)10-16/h5-10H,1-4H2/q+1. The van der Waals surface area contributed by atoms with Gasteiger partial charge in [0.25, 0.3) is 11.4 Å². The van der Waals surface area contributed by atoms with Crippen molar-refractivity contribution in [1.82, 2.24) is 0 Å². The molecule has 7 nitrogen and oxygen atoms in total. The lowest BCUT2D eigenvalue weighted by Gasteiger charge is -2.13. The summed E-state index contributed by atoms with van der Waals surface area (Å²) in [6, 6.07) is 5.68. The topological polar surface area (TPSA) is 90.2 Å². The second-order valence-corrected chi connectivity index (χ2v) is 5.30. The molecule has 1 aliphatic carbocycles. The molecule has 0 saturated carbocycles. The van der Waals surface area contributed by atoms with Crippen LogP contribution in [0.3, 0.4) is 0 Å². The van der Waals surface area contributed by atoms with E-state index in [1.54, 1.807) is 10.8 Å². The maximum absolute atomic E-state index is 11.2. The van der Waals surface area contributed by atoms with Gasteiger partial charge in [0, 0.05) is 23.8 Å². The molecule has 1 aromatic heterocycles. The summed E-state index contributed by atoms with van der Waals surface area (Å²) in [5.74, 6) is 0. The normalized spacial score (nSPS) is 13.5. The first-order valence-electron chi connectivity index (χ1n) is 7.02. The monoisotopic (exact) mass is 300 g/mol. The fourth-order valence-electron chi connectivity index (χ4n) is 2.81. The van der Waals surface area contributed by atoms with E-state index in [1.807, 2.05) is 12.3 Å². The average molecular weight is 300 g/mol. The van der Waals surface area contributed by atoms with E-state index in [4.69, 9.17) is 0 Å². The Kier molecular flexibility index (Phi) is 3.54. The summed E-state index contributed by atoms with van der Waals surface area (Å²) in [6.45, 7) is 0. The van der Waals surface area contributed by atoms with Crippen molar-refractivity contribution < 1.29 is 14.4 Å². The molecule has 0 aliphatic heterocycles. The number of pyridine rings is 1. The summed E-state index contributed by atoms with van der Waals surface area (Å²) in [5.41, 5.74) is 2.24. The number of fused-ring (bicyclic) bond motifs is 1. The van der Waals surface area contributed by atoms with Crippen LogP contribution in [0.25, 0.3) is 5.69 Å². The van der Waals surface area contributed by atoms with Gasteiger partial charge in [0.2, 0.25) is 0 Å². The first kappa shape index (κ1) is 14.1. The Labute approximate surface area is 126 Å². The Morgan fingerprint density at radius 3 is 2.36 bits per heavy atom. The van der Waals surface area contributed by atoms with Gasteiger partial charge in [-0.2, -0.15) is 4.57 Å². The Morgan fingerprint density at radius 1 is 0.955 bits per heavy atom. The van der Waals surface area contributed by atoms with Crippen molar-refractivity contribution in [2.24, 2.45) is 0 Å². The number of rotatable bonds is 3. The van der Waals surface area contributed by atoms with E-state index in [0.29, 0.717) is 5.69 Å². The molecule has 0 N–H and O–H groups in total. The second-order valence-electron chi connectivity index (χ2n) is 5.30. The predicted molar refractivity (Wildman–Crippen MR) is 77.9 cm³/mol. The maximum atomic E-state index is 11.2. The van der Waals surface area contributed by atoms with Gasteiger partial charge in [-0.3, -0.25) is 20.2 Å². The molecule has 0 fully saturated rings. The molecule has 3 rings (SSSR count). The minimum absolute atomic E-state index is 0.269. The molecule has 0 radical (unpaired) electrons. The van der Waals surface area contributed by atoms with Crippen LogP contribution in [-0.4, -0.2) is 9.85 Å². The van der Waals surface area contributed by atoms with E-state index >= 15 is 0 Å². The Balaban J connectivity index is 2.11. The molecule has 112 valence electrons. The van der Waals surface area contributed by atoms with E-state index in [0.717, 1.165) is 31.7 Å². The molecule has 0 spiro atoms. The predicted octanol–water partition coefficient (Wildman–Crippen LogP) is 2.66. The van der Waals surface area contributed by atoms with Crippen molar-refractivity contribution in [2.75, 3.05) is 0 Å². The van der Waals surface area contributed by atoms with Crippen LogP contribution in [0.15, 0.2) is 36.7 Å². The Hall–Kier alpha value is -2.83. The number of nitrogens with zero attached hydrogens (tertiary/aromatic N) is 3. The number of nitro benzene ring substituents is 2. The average Bonchev–Trinajstić information content (AvgIpc) is 2.53. The largest absolute Gasteiger partial charge is 0.347 e. The highest BCUT2D eigenvalue weighted by atomic mass is 16.6. The van der Waals surface area contributed by atoms with Gasteiger partial charge in [0.15, 0.2) is 12.4 Å². The third-order valence-corrected chi connectivity index (χ3v) is 3.93. The zero-order chi connectivity index (χ0) is 15.7. The van der Waals surface area contributed by atoms with Crippen LogP contribution in [-0.2, 0) is 12.8 Å². The number of hydrogen-bond donors (Lipinski definition) is 0. The SMILES string of the molecule is O=[N+]([O-])c1ccc(-[n+]2ccc3c(c2)CCCC3)c([N+](=O)[O-])c1. The van der Waals surface area contributed by atoms with Gasteiger partial charge in [-0.1, -0.05) is 0 Å². The molecule has 7 heteroatoms. The quantitative estimate of drug-likeness (QED) is 0.495. The van der Waals surface area contributed by atoms with Gasteiger partial charge >= 0.3 is 5.69 Å². The molecule has 0 unspecified atom stereocenters. The fraction of sp³-hybridized carbons (Fsp3) is 0.267. The van der Waals surface area contributed by atoms with Crippen molar-refractivity contribution in [3.8, 4) is 5.69 Å². The van der Waals surface area contributed by atoms with Gasteiger partial charge in [-0.15, -0.1) is 0 Å². The molecule has 0 atom stereocenters. The Bertz CT molecular complexity index is 773. The summed E-state index contributed by atoms with van der Waals surface area (Å²) >= 11 is 0. The van der Waals surface area contributed by atoms with E-state index in [-0.39, 0.29) is 11.4 Å². The zero-order valence-corrected chi connectivity index (χ0v) is 11.8. The summed E-state index contributed by atoms with van der Waals surface area (Å²) in [4.78, 5) is 20.8. The van der Waals surface area contributed by atoms with Gasteiger partial charge in [-0.25, -0.2) is 0 Å². The van der Waals surface area contributed by atoms with Crippen molar-refractivity contribution in [3.05, 3.63) is 68.0 Å². The highest BCUT2D eigenvalue weighted by Crippen LogP contribution is 2.26. The van der Waals surface area contributed by atoms with Gasteiger partial charge in [0.05, 0.1) is 9.85 Å². The first-order valence-corrected chi connectivity index (χ1v) is 7.02. The Morgan fingerprint density at radius 2 is 1.68 bits per heavy atom. The van der Waals surface area contributed by atoms with Crippen molar-refractivity contribution >= 4 is 11.4 Å². The summed E-state index contributed by atoms with van der Waals surface area (Å²) in [6.07, 6.45) is 7.92. The van der Waals surface area contributed by atoms with E-state index < -0.39 is 9.85 Å². The fourth-order valence-corrected chi connectivity index (χ4v) is 2.81. The second kappa shape index (κ2) is 5.51. The van der Waals surface area contributed by atoms with Crippen LogP contribution in [0.1, 0.15) is 24.0 Å². The van der Waals surface area contributed by atoms with Crippen LogP contribution >= 0.6 is 0 Å². The third kappa shape index (κ3) is 2.52. The van der Waals surface area contributed by atoms with E-state index in [1.165, 1.54) is 23.3 Å². The van der Waals surface area contributed by atoms with Gasteiger partial charge in [0.1, 0.15) is 6.07 Å². The van der Waals surface area contributed by atoms with Crippen LogP contribution in [0.2, 0.25) is 0 Å². The molecular formula is C15H14N3O4+. The van der Waals surface area contributed by atoms with Gasteiger partial charge < -0.3 is 0 Å². The van der Waals surface area contributed by atoms with Crippen LogP contribution in [0, 0.1) is 20.2 Å². The summed E-state index contributed by atoms with van der Waals surface area (Å²) in [5, 5.41) is 22.0. The molecular weight excluding hydrogens is 286 g/mol. The maximum Gasteiger partial charge on any atom is 0.347 e. The zero-order valence-electron chi connectivity index (χ0n) is 11.8. The van der Waals surface area contributed by atoms with Crippen LogP contribution in [0.5, 0.6) is 0 Å². The number of nitro groups is 2. The molecule has 0 amide bonds. The minimum Gasteiger partial charge on any atom is -0.258 e. The number of aryl methyl sites for hydroxylation is 2. The van der Waals surface area contributed by atoms with Crippen molar-refractivity contribution in [2.45, 2.75) is 25.7 Å². The summed E-state index contributed by atoms with van der Waals surface area (Å²) in [7, 11) is 0. The number of aromatic nitrogens is 1. The molecule has 1 aliphatic rings. The molecule has 1 heterocycles. The number of non-ortho nitro benzene ring substituents is 1.